The fourth-order valence-corrected chi connectivity index (χ4v) is 10.6. The molecule has 0 fully saturated rings. The zero-order valence-corrected chi connectivity index (χ0v) is 29.5. The van der Waals surface area contributed by atoms with Gasteiger partial charge in [-0.1, -0.05) is 143 Å². The third kappa shape index (κ3) is 3.67. The quantitative estimate of drug-likeness (QED) is 0.169. The van der Waals surface area contributed by atoms with Crippen molar-refractivity contribution in [3.63, 3.8) is 0 Å². The maximum absolute atomic E-state index is 2.54. The molecule has 0 aromatic heterocycles. The molecule has 0 heteroatoms. The highest BCUT2D eigenvalue weighted by Crippen LogP contribution is 2.57. The predicted molar refractivity (Wildman–Crippen MR) is 213 cm³/mol. The van der Waals surface area contributed by atoms with E-state index in [0.717, 1.165) is 25.7 Å². The molecule has 242 valence electrons. The van der Waals surface area contributed by atoms with Gasteiger partial charge < -0.3 is 0 Å². The van der Waals surface area contributed by atoms with Gasteiger partial charge in [-0.05, 0) is 144 Å². The van der Waals surface area contributed by atoms with Crippen LogP contribution in [-0.2, 0) is 10.8 Å². The maximum atomic E-state index is 2.54. The van der Waals surface area contributed by atoms with Gasteiger partial charge in [0.1, 0.15) is 0 Å². The fourth-order valence-electron chi connectivity index (χ4n) is 10.6. The Morgan fingerprint density at radius 1 is 0.320 bits per heavy atom. The van der Waals surface area contributed by atoms with Crippen LogP contribution >= 0.6 is 0 Å². The molecule has 0 aliphatic heterocycles. The van der Waals surface area contributed by atoms with Crippen molar-refractivity contribution in [3.8, 4) is 66.8 Å². The maximum Gasteiger partial charge on any atom is 0.0210 e. The van der Waals surface area contributed by atoms with Crippen LogP contribution in [0.4, 0.5) is 0 Å². The minimum atomic E-state index is -0.0225. The summed E-state index contributed by atoms with van der Waals surface area (Å²) in [5.41, 5.74) is 22.4. The SMILES string of the molecule is CCC1(CC)c2ccccc2-c2ccc(-c3ccc4c(c3)C(CC)(CC)c3cc(-c5ccc6c7c(cccc57)-c5ccccc5-6)ccc3-4)cc21. The van der Waals surface area contributed by atoms with Gasteiger partial charge in [0, 0.05) is 10.8 Å². The first-order valence-corrected chi connectivity index (χ1v) is 18.8. The highest BCUT2D eigenvalue weighted by atomic mass is 14.5. The molecule has 3 aliphatic rings. The van der Waals surface area contributed by atoms with Crippen LogP contribution < -0.4 is 0 Å². The highest BCUT2D eigenvalue weighted by Gasteiger charge is 2.42. The molecule has 0 nitrogen and oxygen atoms in total. The summed E-state index contributed by atoms with van der Waals surface area (Å²) in [6, 6.07) is 51.5. The number of rotatable bonds is 6. The van der Waals surface area contributed by atoms with E-state index in [0.29, 0.717) is 0 Å². The van der Waals surface area contributed by atoms with Gasteiger partial charge in [0.05, 0.1) is 0 Å². The normalized spacial score (nSPS) is 15.0. The molecule has 0 spiro atoms. The molecule has 10 rings (SSSR count). The van der Waals surface area contributed by atoms with E-state index in [1.807, 2.05) is 0 Å². The van der Waals surface area contributed by atoms with E-state index in [1.165, 1.54) is 99.8 Å². The van der Waals surface area contributed by atoms with E-state index < -0.39 is 0 Å². The van der Waals surface area contributed by atoms with Crippen molar-refractivity contribution in [2.75, 3.05) is 0 Å². The van der Waals surface area contributed by atoms with Gasteiger partial charge in [-0.25, -0.2) is 0 Å². The lowest BCUT2D eigenvalue weighted by Gasteiger charge is -2.31. The minimum Gasteiger partial charge on any atom is -0.0642 e. The van der Waals surface area contributed by atoms with Gasteiger partial charge in [-0.2, -0.15) is 0 Å². The van der Waals surface area contributed by atoms with E-state index in [2.05, 4.69) is 161 Å². The molecule has 7 aromatic rings. The second-order valence-electron chi connectivity index (χ2n) is 14.8. The molecular formula is C50H42. The van der Waals surface area contributed by atoms with Crippen LogP contribution in [0.3, 0.4) is 0 Å². The summed E-state index contributed by atoms with van der Waals surface area (Å²) >= 11 is 0. The summed E-state index contributed by atoms with van der Waals surface area (Å²) in [4.78, 5) is 0. The zero-order valence-electron chi connectivity index (χ0n) is 29.5. The molecule has 0 heterocycles. The van der Waals surface area contributed by atoms with Crippen molar-refractivity contribution in [2.45, 2.75) is 64.2 Å². The van der Waals surface area contributed by atoms with Crippen LogP contribution in [0.2, 0.25) is 0 Å². The molecule has 0 radical (unpaired) electrons. The molecule has 0 unspecified atom stereocenters. The first-order valence-electron chi connectivity index (χ1n) is 18.8. The Hall–Kier alpha value is -5.20. The zero-order chi connectivity index (χ0) is 33.8. The predicted octanol–water partition coefficient (Wildman–Crippen LogP) is 14.0. The molecular weight excluding hydrogens is 601 g/mol. The summed E-state index contributed by atoms with van der Waals surface area (Å²) in [6.07, 6.45) is 4.37. The Morgan fingerprint density at radius 3 is 1.30 bits per heavy atom. The summed E-state index contributed by atoms with van der Waals surface area (Å²) in [7, 11) is 0. The third-order valence-electron chi connectivity index (χ3n) is 13.2. The van der Waals surface area contributed by atoms with E-state index in [1.54, 1.807) is 0 Å². The van der Waals surface area contributed by atoms with Crippen molar-refractivity contribution >= 4 is 10.8 Å². The average Bonchev–Trinajstić information content (AvgIpc) is 3.77. The van der Waals surface area contributed by atoms with Crippen LogP contribution in [0.15, 0.2) is 133 Å². The van der Waals surface area contributed by atoms with Crippen LogP contribution in [-0.4, -0.2) is 0 Å². The second kappa shape index (κ2) is 10.6. The standard InChI is InChI=1S/C50H42/c1-5-49(6-2)44-19-12-11-16-37(44)38-23-20-31(28-45(38)49)32-21-24-39-40-25-22-33(30-47(40)50(7-3,8-4)46(39)29-32)34-26-27-43-36-15-10-9-14-35(36)42-18-13-17-41(34)48(42)43/h9-30H,5-8H2,1-4H3. The fraction of sp³-hybridized carbons (Fsp3) is 0.200. The van der Waals surface area contributed by atoms with Crippen LogP contribution in [0, 0.1) is 0 Å². The second-order valence-corrected chi connectivity index (χ2v) is 14.8. The minimum absolute atomic E-state index is 0.0225. The summed E-state index contributed by atoms with van der Waals surface area (Å²) < 4.78 is 0. The van der Waals surface area contributed by atoms with E-state index in [4.69, 9.17) is 0 Å². The van der Waals surface area contributed by atoms with Crippen LogP contribution in [0.25, 0.3) is 77.5 Å². The number of fused-ring (bicyclic) bond motifs is 9. The highest BCUT2D eigenvalue weighted by molar-refractivity contribution is 6.18. The third-order valence-corrected chi connectivity index (χ3v) is 13.2. The summed E-state index contributed by atoms with van der Waals surface area (Å²) in [6.45, 7) is 9.51. The Bertz CT molecular complexity index is 2500. The van der Waals surface area contributed by atoms with Crippen molar-refractivity contribution in [3.05, 3.63) is 156 Å². The summed E-state index contributed by atoms with van der Waals surface area (Å²) in [5.74, 6) is 0. The lowest BCUT2D eigenvalue weighted by Crippen LogP contribution is -2.23. The number of hydrogen-bond donors (Lipinski definition) is 0. The molecule has 0 saturated carbocycles. The van der Waals surface area contributed by atoms with Gasteiger partial charge in [0.2, 0.25) is 0 Å². The lowest BCUT2D eigenvalue weighted by molar-refractivity contribution is 0.490. The lowest BCUT2D eigenvalue weighted by atomic mass is 9.72. The molecule has 7 aromatic carbocycles. The molecule has 0 atom stereocenters. The number of hydrogen-bond acceptors (Lipinski definition) is 0. The average molecular weight is 643 g/mol. The monoisotopic (exact) mass is 642 g/mol. The molecule has 0 bridgehead atoms. The largest absolute Gasteiger partial charge is 0.0642 e. The Balaban J connectivity index is 1.10. The molecule has 3 aliphatic carbocycles. The van der Waals surface area contributed by atoms with Gasteiger partial charge in [-0.15, -0.1) is 0 Å². The van der Waals surface area contributed by atoms with E-state index >= 15 is 0 Å². The molecule has 0 saturated heterocycles. The Morgan fingerprint density at radius 2 is 0.720 bits per heavy atom. The van der Waals surface area contributed by atoms with Crippen molar-refractivity contribution in [1.82, 2.24) is 0 Å². The van der Waals surface area contributed by atoms with E-state index in [-0.39, 0.29) is 10.8 Å². The molecule has 50 heavy (non-hydrogen) atoms. The summed E-state index contributed by atoms with van der Waals surface area (Å²) in [5, 5.41) is 2.74. The smallest absolute Gasteiger partial charge is 0.0210 e. The van der Waals surface area contributed by atoms with Crippen molar-refractivity contribution in [2.24, 2.45) is 0 Å². The first-order chi connectivity index (χ1) is 24.6. The topological polar surface area (TPSA) is 0 Å². The Labute approximate surface area is 296 Å². The van der Waals surface area contributed by atoms with Gasteiger partial charge in [0.25, 0.3) is 0 Å². The molecule has 0 N–H and O–H groups in total. The van der Waals surface area contributed by atoms with Crippen LogP contribution in [0.1, 0.15) is 75.6 Å². The van der Waals surface area contributed by atoms with Crippen molar-refractivity contribution < 1.29 is 0 Å². The van der Waals surface area contributed by atoms with Gasteiger partial charge in [0.15, 0.2) is 0 Å². The van der Waals surface area contributed by atoms with E-state index in [9.17, 15) is 0 Å². The molecule has 0 amide bonds. The van der Waals surface area contributed by atoms with Crippen LogP contribution in [0.5, 0.6) is 0 Å². The number of benzene rings is 7. The van der Waals surface area contributed by atoms with Crippen molar-refractivity contribution in [1.29, 1.82) is 0 Å². The Kier molecular flexibility index (Phi) is 6.32. The van der Waals surface area contributed by atoms with Gasteiger partial charge in [-0.3, -0.25) is 0 Å². The van der Waals surface area contributed by atoms with Gasteiger partial charge >= 0.3 is 0 Å². The first kappa shape index (κ1) is 29.7.